The first kappa shape index (κ1) is 20.6. The van der Waals surface area contributed by atoms with E-state index in [1.165, 1.54) is 44.6 Å². The molecule has 0 radical (unpaired) electrons. The predicted octanol–water partition coefficient (Wildman–Crippen LogP) is 4.39. The Morgan fingerprint density at radius 1 is 1.19 bits per heavy atom. The minimum Gasteiger partial charge on any atom is -0.504 e. The van der Waals surface area contributed by atoms with E-state index >= 15 is 0 Å². The van der Waals surface area contributed by atoms with Crippen molar-refractivity contribution in [2.45, 2.75) is 77.7 Å². The molecule has 1 aliphatic rings. The number of amides is 1. The van der Waals surface area contributed by atoms with Crippen LogP contribution in [0.25, 0.3) is 0 Å². The Kier molecular flexibility index (Phi) is 7.76. The lowest BCUT2D eigenvalue weighted by Gasteiger charge is -2.27. The first-order valence-corrected chi connectivity index (χ1v) is 10.1. The first-order chi connectivity index (χ1) is 12.5. The molecule has 1 atom stereocenters. The van der Waals surface area contributed by atoms with E-state index in [4.69, 9.17) is 5.73 Å². The van der Waals surface area contributed by atoms with Gasteiger partial charge in [-0.1, -0.05) is 45.4 Å². The van der Waals surface area contributed by atoms with E-state index in [1.807, 2.05) is 0 Å². The second kappa shape index (κ2) is 9.81. The summed E-state index contributed by atoms with van der Waals surface area (Å²) in [6.07, 6.45) is 10.9. The highest BCUT2D eigenvalue weighted by molar-refractivity contribution is 5.95. The fourth-order valence-electron chi connectivity index (χ4n) is 4.13. The third-order valence-electron chi connectivity index (χ3n) is 5.60. The van der Waals surface area contributed by atoms with Crippen molar-refractivity contribution >= 4 is 5.91 Å². The lowest BCUT2D eigenvalue weighted by atomic mass is 9.93. The SMILES string of the molecule is CCCCCCCCCN1CCCC1c1c(C)c(C(N)=O)cc(O)c1O. The number of aromatic hydroxyl groups is 2. The Morgan fingerprint density at radius 3 is 2.50 bits per heavy atom. The second-order valence-electron chi connectivity index (χ2n) is 7.51. The van der Waals surface area contributed by atoms with Crippen LogP contribution in [0.2, 0.25) is 0 Å². The summed E-state index contributed by atoms with van der Waals surface area (Å²) in [7, 11) is 0. The van der Waals surface area contributed by atoms with Crippen LogP contribution < -0.4 is 5.73 Å². The standard InChI is InChI=1S/C21H34N2O3/c1-3-4-5-6-7-8-9-12-23-13-10-11-17(23)19-15(2)16(21(22)26)14-18(24)20(19)25/h14,17,24-25H,3-13H2,1-2H3,(H2,22,26). The summed E-state index contributed by atoms with van der Waals surface area (Å²) < 4.78 is 0. The van der Waals surface area contributed by atoms with Gasteiger partial charge in [-0.05, 0) is 50.9 Å². The van der Waals surface area contributed by atoms with Crippen LogP contribution in [0.1, 0.15) is 92.2 Å². The Hall–Kier alpha value is -1.75. The second-order valence-corrected chi connectivity index (χ2v) is 7.51. The van der Waals surface area contributed by atoms with Gasteiger partial charge < -0.3 is 15.9 Å². The van der Waals surface area contributed by atoms with Crippen molar-refractivity contribution in [3.63, 3.8) is 0 Å². The summed E-state index contributed by atoms with van der Waals surface area (Å²) in [4.78, 5) is 14.0. The van der Waals surface area contributed by atoms with Crippen molar-refractivity contribution in [2.24, 2.45) is 5.73 Å². The van der Waals surface area contributed by atoms with Crippen molar-refractivity contribution in [3.8, 4) is 11.5 Å². The normalized spacial score (nSPS) is 17.7. The lowest BCUT2D eigenvalue weighted by Crippen LogP contribution is -2.26. The van der Waals surface area contributed by atoms with Crippen molar-refractivity contribution in [3.05, 3.63) is 22.8 Å². The fourth-order valence-corrected chi connectivity index (χ4v) is 4.13. The minimum atomic E-state index is -0.573. The molecule has 1 heterocycles. The number of phenols is 2. The topological polar surface area (TPSA) is 86.8 Å². The van der Waals surface area contributed by atoms with Gasteiger partial charge in [0, 0.05) is 17.2 Å². The number of phenolic OH excluding ortho intramolecular Hbond substituents is 2. The van der Waals surface area contributed by atoms with E-state index < -0.39 is 5.91 Å². The molecule has 1 unspecified atom stereocenters. The van der Waals surface area contributed by atoms with Gasteiger partial charge in [0.25, 0.3) is 0 Å². The van der Waals surface area contributed by atoms with Crippen molar-refractivity contribution in [1.29, 1.82) is 0 Å². The highest BCUT2D eigenvalue weighted by atomic mass is 16.3. The van der Waals surface area contributed by atoms with Crippen LogP contribution in [0.5, 0.6) is 11.5 Å². The van der Waals surface area contributed by atoms with Crippen LogP contribution in [0.15, 0.2) is 6.07 Å². The molecule has 1 aromatic rings. The van der Waals surface area contributed by atoms with Crippen molar-refractivity contribution in [2.75, 3.05) is 13.1 Å². The zero-order valence-corrected chi connectivity index (χ0v) is 16.3. The number of rotatable bonds is 10. The van der Waals surface area contributed by atoms with Gasteiger partial charge >= 0.3 is 0 Å². The first-order valence-electron chi connectivity index (χ1n) is 10.1. The molecule has 1 fully saturated rings. The van der Waals surface area contributed by atoms with E-state index in [0.717, 1.165) is 32.4 Å². The molecule has 0 bridgehead atoms. The van der Waals surface area contributed by atoms with Gasteiger partial charge in [-0.2, -0.15) is 0 Å². The number of hydrogen-bond acceptors (Lipinski definition) is 4. The van der Waals surface area contributed by atoms with E-state index in [2.05, 4.69) is 11.8 Å². The molecular weight excluding hydrogens is 328 g/mol. The summed E-state index contributed by atoms with van der Waals surface area (Å²) in [6.45, 7) is 6.01. The van der Waals surface area contributed by atoms with Crippen LogP contribution in [-0.4, -0.2) is 34.1 Å². The van der Waals surface area contributed by atoms with Crippen LogP contribution in [0.4, 0.5) is 0 Å². The van der Waals surface area contributed by atoms with Gasteiger partial charge in [0.2, 0.25) is 5.91 Å². The number of carbonyl (C=O) groups is 1. The van der Waals surface area contributed by atoms with Crippen LogP contribution in [-0.2, 0) is 0 Å². The molecule has 0 saturated carbocycles. The lowest BCUT2D eigenvalue weighted by molar-refractivity contribution is 0.0999. The maximum Gasteiger partial charge on any atom is 0.249 e. The Labute approximate surface area is 157 Å². The molecule has 1 aliphatic heterocycles. The van der Waals surface area contributed by atoms with Crippen molar-refractivity contribution < 1.29 is 15.0 Å². The maximum absolute atomic E-state index is 11.7. The Bertz CT molecular complexity index is 616. The van der Waals surface area contributed by atoms with Crippen LogP contribution in [0.3, 0.4) is 0 Å². The molecule has 1 amide bonds. The summed E-state index contributed by atoms with van der Waals surface area (Å²) in [6, 6.07) is 1.31. The minimum absolute atomic E-state index is 0.0419. The molecule has 5 nitrogen and oxygen atoms in total. The number of hydrogen-bond donors (Lipinski definition) is 3. The van der Waals surface area contributed by atoms with Gasteiger partial charge in [-0.3, -0.25) is 9.69 Å². The van der Waals surface area contributed by atoms with E-state index in [9.17, 15) is 15.0 Å². The van der Waals surface area contributed by atoms with Gasteiger partial charge in [-0.25, -0.2) is 0 Å². The highest BCUT2D eigenvalue weighted by Gasteiger charge is 2.31. The summed E-state index contributed by atoms with van der Waals surface area (Å²) in [5.41, 5.74) is 7.08. The van der Waals surface area contributed by atoms with Gasteiger partial charge in [0.1, 0.15) is 0 Å². The van der Waals surface area contributed by atoms with Crippen LogP contribution in [0, 0.1) is 6.92 Å². The molecule has 0 spiro atoms. The zero-order valence-electron chi connectivity index (χ0n) is 16.3. The highest BCUT2D eigenvalue weighted by Crippen LogP contribution is 2.43. The zero-order chi connectivity index (χ0) is 19.1. The molecule has 0 aromatic heterocycles. The average molecular weight is 363 g/mol. The van der Waals surface area contributed by atoms with E-state index in [0.29, 0.717) is 11.1 Å². The van der Waals surface area contributed by atoms with E-state index in [-0.39, 0.29) is 23.1 Å². The number of nitrogens with two attached hydrogens (primary N) is 1. The monoisotopic (exact) mass is 362 g/mol. The number of unbranched alkanes of at least 4 members (excludes halogenated alkanes) is 6. The third-order valence-corrected chi connectivity index (χ3v) is 5.60. The average Bonchev–Trinajstić information content (AvgIpc) is 3.05. The largest absolute Gasteiger partial charge is 0.504 e. The van der Waals surface area contributed by atoms with Crippen LogP contribution >= 0.6 is 0 Å². The smallest absolute Gasteiger partial charge is 0.249 e. The number of likely N-dealkylation sites (tertiary alicyclic amines) is 1. The summed E-state index contributed by atoms with van der Waals surface area (Å²) in [5.74, 6) is -0.943. The molecule has 1 aromatic carbocycles. The molecule has 1 saturated heterocycles. The molecule has 2 rings (SSSR count). The summed E-state index contributed by atoms with van der Waals surface area (Å²) in [5, 5.41) is 20.5. The predicted molar refractivity (Wildman–Crippen MR) is 105 cm³/mol. The maximum atomic E-state index is 11.7. The Balaban J connectivity index is 2.02. The van der Waals surface area contributed by atoms with Gasteiger partial charge in [0.15, 0.2) is 11.5 Å². The number of nitrogens with zero attached hydrogens (tertiary/aromatic N) is 1. The van der Waals surface area contributed by atoms with Gasteiger partial charge in [0.05, 0.1) is 0 Å². The number of primary amides is 1. The quantitative estimate of drug-likeness (QED) is 0.425. The molecular formula is C21H34N2O3. The third kappa shape index (κ3) is 4.91. The molecule has 0 aliphatic carbocycles. The molecule has 4 N–H and O–H groups in total. The molecule has 146 valence electrons. The van der Waals surface area contributed by atoms with Gasteiger partial charge in [-0.15, -0.1) is 0 Å². The van der Waals surface area contributed by atoms with Crippen molar-refractivity contribution in [1.82, 2.24) is 4.90 Å². The summed E-state index contributed by atoms with van der Waals surface area (Å²) >= 11 is 0. The number of carbonyl (C=O) groups excluding carboxylic acids is 1. The fraction of sp³-hybridized carbons (Fsp3) is 0.667. The number of benzene rings is 1. The molecule has 5 heteroatoms. The van der Waals surface area contributed by atoms with E-state index in [1.54, 1.807) is 6.92 Å². The molecule has 26 heavy (non-hydrogen) atoms. The Morgan fingerprint density at radius 2 is 1.85 bits per heavy atom.